The Hall–Kier alpha value is -1.81. The second kappa shape index (κ2) is 5.89. The van der Waals surface area contributed by atoms with Crippen LogP contribution in [0.4, 0.5) is 5.69 Å². The number of aryl methyl sites for hydroxylation is 1. The first-order valence-electron chi connectivity index (χ1n) is 5.82. The van der Waals surface area contributed by atoms with Crippen LogP contribution in [0.2, 0.25) is 0 Å². The summed E-state index contributed by atoms with van der Waals surface area (Å²) >= 11 is 3.36. The van der Waals surface area contributed by atoms with Gasteiger partial charge in [0.15, 0.2) is 0 Å². The number of carbonyl (C=O) groups excluding carboxylic acids is 1. The fourth-order valence-corrected chi connectivity index (χ4v) is 2.10. The van der Waals surface area contributed by atoms with E-state index in [1.54, 1.807) is 13.2 Å². The highest BCUT2D eigenvalue weighted by Crippen LogP contribution is 2.24. The number of hydrogen-bond acceptors (Lipinski definition) is 2. The lowest BCUT2D eigenvalue weighted by Crippen LogP contribution is -2.13. The van der Waals surface area contributed by atoms with Crippen LogP contribution >= 0.6 is 15.9 Å². The van der Waals surface area contributed by atoms with Crippen molar-refractivity contribution in [1.82, 2.24) is 0 Å². The number of para-hydroxylation sites is 1. The summed E-state index contributed by atoms with van der Waals surface area (Å²) in [5.74, 6) is 0.431. The molecule has 2 aromatic rings. The maximum Gasteiger partial charge on any atom is 0.259 e. The zero-order valence-corrected chi connectivity index (χ0v) is 12.3. The second-order valence-corrected chi connectivity index (χ2v) is 5.03. The van der Waals surface area contributed by atoms with Crippen LogP contribution < -0.4 is 10.1 Å². The van der Waals surface area contributed by atoms with Gasteiger partial charge < -0.3 is 10.1 Å². The topological polar surface area (TPSA) is 38.3 Å². The van der Waals surface area contributed by atoms with E-state index in [2.05, 4.69) is 21.2 Å². The largest absolute Gasteiger partial charge is 0.496 e. The van der Waals surface area contributed by atoms with Gasteiger partial charge in [-0.25, -0.2) is 0 Å². The average molecular weight is 320 g/mol. The van der Waals surface area contributed by atoms with Crippen LogP contribution in [0.1, 0.15) is 15.9 Å². The fourth-order valence-electron chi connectivity index (χ4n) is 1.83. The first kappa shape index (κ1) is 13.6. The number of hydrogen-bond donors (Lipinski definition) is 1. The Kier molecular flexibility index (Phi) is 4.22. The number of halogens is 1. The smallest absolute Gasteiger partial charge is 0.259 e. The molecule has 4 heteroatoms. The third kappa shape index (κ3) is 3.15. The summed E-state index contributed by atoms with van der Waals surface area (Å²) in [6.07, 6.45) is 0. The summed E-state index contributed by atoms with van der Waals surface area (Å²) in [7, 11) is 1.57. The van der Waals surface area contributed by atoms with E-state index in [-0.39, 0.29) is 5.91 Å². The molecule has 3 nitrogen and oxygen atoms in total. The normalized spacial score (nSPS) is 10.1. The summed E-state index contributed by atoms with van der Waals surface area (Å²) in [5.41, 5.74) is 2.22. The minimum absolute atomic E-state index is 0.178. The molecule has 2 rings (SSSR count). The third-order valence-electron chi connectivity index (χ3n) is 2.76. The van der Waals surface area contributed by atoms with Crippen molar-refractivity contribution in [1.29, 1.82) is 0 Å². The Balaban J connectivity index is 2.25. The van der Waals surface area contributed by atoms with Gasteiger partial charge in [-0.05, 0) is 42.8 Å². The van der Waals surface area contributed by atoms with Crippen molar-refractivity contribution < 1.29 is 9.53 Å². The monoisotopic (exact) mass is 319 g/mol. The molecule has 0 saturated carbocycles. The van der Waals surface area contributed by atoms with Crippen molar-refractivity contribution in [3.05, 3.63) is 58.1 Å². The Bertz CT molecular complexity index is 594. The SMILES string of the molecule is COc1c(C)cccc1C(=O)Nc1ccc(Br)cc1. The van der Waals surface area contributed by atoms with Crippen molar-refractivity contribution in [2.45, 2.75) is 6.92 Å². The highest BCUT2D eigenvalue weighted by molar-refractivity contribution is 9.10. The molecule has 2 aromatic carbocycles. The van der Waals surface area contributed by atoms with Gasteiger partial charge in [0.25, 0.3) is 5.91 Å². The van der Waals surface area contributed by atoms with Crippen molar-refractivity contribution in [2.24, 2.45) is 0 Å². The minimum Gasteiger partial charge on any atom is -0.496 e. The molecule has 0 bridgehead atoms. The lowest BCUT2D eigenvalue weighted by molar-refractivity contribution is 0.102. The third-order valence-corrected chi connectivity index (χ3v) is 3.29. The predicted octanol–water partition coefficient (Wildman–Crippen LogP) is 4.02. The van der Waals surface area contributed by atoms with Gasteiger partial charge >= 0.3 is 0 Å². The van der Waals surface area contributed by atoms with E-state index in [4.69, 9.17) is 4.74 Å². The Morgan fingerprint density at radius 2 is 1.84 bits per heavy atom. The molecule has 0 radical (unpaired) electrons. The molecule has 1 amide bonds. The number of rotatable bonds is 3. The Morgan fingerprint density at radius 3 is 2.47 bits per heavy atom. The van der Waals surface area contributed by atoms with Crippen LogP contribution in [0.3, 0.4) is 0 Å². The number of ether oxygens (including phenoxy) is 1. The van der Waals surface area contributed by atoms with E-state index in [1.165, 1.54) is 0 Å². The first-order valence-corrected chi connectivity index (χ1v) is 6.61. The summed E-state index contributed by atoms with van der Waals surface area (Å²) in [4.78, 5) is 12.2. The number of methoxy groups -OCH3 is 1. The molecule has 0 aliphatic rings. The van der Waals surface area contributed by atoms with Crippen molar-refractivity contribution in [3.63, 3.8) is 0 Å². The number of carbonyl (C=O) groups is 1. The lowest BCUT2D eigenvalue weighted by Gasteiger charge is -2.11. The molecule has 19 heavy (non-hydrogen) atoms. The molecular weight excluding hydrogens is 306 g/mol. The van der Waals surface area contributed by atoms with Crippen molar-refractivity contribution >= 4 is 27.5 Å². The molecule has 0 fully saturated rings. The summed E-state index contributed by atoms with van der Waals surface area (Å²) < 4.78 is 6.26. The standard InChI is InChI=1S/C15H14BrNO2/c1-10-4-3-5-13(14(10)19-2)15(18)17-12-8-6-11(16)7-9-12/h3-9H,1-2H3,(H,17,18). The van der Waals surface area contributed by atoms with E-state index < -0.39 is 0 Å². The molecule has 1 N–H and O–H groups in total. The molecule has 0 aromatic heterocycles. The van der Waals surface area contributed by atoms with E-state index >= 15 is 0 Å². The molecule has 0 aliphatic heterocycles. The van der Waals surface area contributed by atoms with E-state index in [0.29, 0.717) is 11.3 Å². The molecule has 0 saturated heterocycles. The number of amides is 1. The second-order valence-electron chi connectivity index (χ2n) is 4.12. The Morgan fingerprint density at radius 1 is 1.16 bits per heavy atom. The van der Waals surface area contributed by atoms with Crippen LogP contribution in [-0.2, 0) is 0 Å². The summed E-state index contributed by atoms with van der Waals surface area (Å²) in [5, 5.41) is 2.85. The van der Waals surface area contributed by atoms with Crippen molar-refractivity contribution in [2.75, 3.05) is 12.4 Å². The summed E-state index contributed by atoms with van der Waals surface area (Å²) in [6, 6.07) is 12.9. The van der Waals surface area contributed by atoms with Gasteiger partial charge in [-0.15, -0.1) is 0 Å². The first-order chi connectivity index (χ1) is 9.11. The van der Waals surface area contributed by atoms with Gasteiger partial charge in [0.2, 0.25) is 0 Å². The van der Waals surface area contributed by atoms with Gasteiger partial charge in [0.1, 0.15) is 5.75 Å². The van der Waals surface area contributed by atoms with E-state index in [0.717, 1.165) is 15.7 Å². The quantitative estimate of drug-likeness (QED) is 0.928. The lowest BCUT2D eigenvalue weighted by atomic mass is 10.1. The van der Waals surface area contributed by atoms with Crippen molar-refractivity contribution in [3.8, 4) is 5.75 Å². The fraction of sp³-hybridized carbons (Fsp3) is 0.133. The molecule has 0 unspecified atom stereocenters. The highest BCUT2D eigenvalue weighted by Gasteiger charge is 2.13. The zero-order valence-electron chi connectivity index (χ0n) is 10.7. The van der Waals surface area contributed by atoms with Crippen LogP contribution in [0.15, 0.2) is 46.9 Å². The van der Waals surface area contributed by atoms with Crippen LogP contribution in [0.5, 0.6) is 5.75 Å². The average Bonchev–Trinajstić information content (AvgIpc) is 2.41. The molecule has 0 spiro atoms. The summed E-state index contributed by atoms with van der Waals surface area (Å²) in [6.45, 7) is 1.91. The molecule has 0 aliphatic carbocycles. The van der Waals surface area contributed by atoms with Crippen LogP contribution in [-0.4, -0.2) is 13.0 Å². The molecule has 98 valence electrons. The number of nitrogens with one attached hydrogen (secondary N) is 1. The molecule has 0 atom stereocenters. The predicted molar refractivity (Wildman–Crippen MR) is 79.8 cm³/mol. The highest BCUT2D eigenvalue weighted by atomic mass is 79.9. The number of anilines is 1. The van der Waals surface area contributed by atoms with Gasteiger partial charge in [-0.3, -0.25) is 4.79 Å². The van der Waals surface area contributed by atoms with Crippen LogP contribution in [0.25, 0.3) is 0 Å². The van der Waals surface area contributed by atoms with E-state index in [1.807, 2.05) is 43.3 Å². The maximum atomic E-state index is 12.2. The molecule has 0 heterocycles. The van der Waals surface area contributed by atoms with Gasteiger partial charge in [0, 0.05) is 10.2 Å². The van der Waals surface area contributed by atoms with Gasteiger partial charge in [0.05, 0.1) is 12.7 Å². The van der Waals surface area contributed by atoms with Crippen LogP contribution in [0, 0.1) is 6.92 Å². The Labute approximate surface area is 120 Å². The van der Waals surface area contributed by atoms with Gasteiger partial charge in [-0.2, -0.15) is 0 Å². The zero-order chi connectivity index (χ0) is 13.8. The molecular formula is C15H14BrNO2. The minimum atomic E-state index is -0.178. The van der Waals surface area contributed by atoms with Gasteiger partial charge in [-0.1, -0.05) is 28.1 Å². The van der Waals surface area contributed by atoms with E-state index in [9.17, 15) is 4.79 Å². The number of benzene rings is 2. The maximum absolute atomic E-state index is 12.2.